The first-order valence-corrected chi connectivity index (χ1v) is 8.12. The van der Waals surface area contributed by atoms with Crippen LogP contribution in [-0.4, -0.2) is 19.0 Å². The molecule has 1 aromatic carbocycles. The van der Waals surface area contributed by atoms with E-state index >= 15 is 0 Å². The Morgan fingerprint density at radius 1 is 1.14 bits per heavy atom. The van der Waals surface area contributed by atoms with Crippen LogP contribution in [0.1, 0.15) is 52.1 Å². The fourth-order valence-electron chi connectivity index (χ4n) is 2.70. The monoisotopic (exact) mass is 288 g/mol. The van der Waals surface area contributed by atoms with Crippen molar-refractivity contribution in [3.05, 3.63) is 29.8 Å². The topological polar surface area (TPSA) is 32.3 Å². The molecule has 2 rings (SSSR count). The predicted molar refractivity (Wildman–Crippen MR) is 88.4 cm³/mol. The molecule has 1 amide bonds. The summed E-state index contributed by atoms with van der Waals surface area (Å²) in [7, 11) is 0. The zero-order chi connectivity index (χ0) is 15.4. The molecule has 1 aliphatic heterocycles. The third-order valence-electron chi connectivity index (χ3n) is 4.43. The van der Waals surface area contributed by atoms with E-state index < -0.39 is 0 Å². The summed E-state index contributed by atoms with van der Waals surface area (Å²) in [6, 6.07) is 8.71. The summed E-state index contributed by atoms with van der Waals surface area (Å²) < 4.78 is 0. The molecule has 0 bridgehead atoms. The Balaban J connectivity index is 1.97. The van der Waals surface area contributed by atoms with E-state index in [1.807, 2.05) is 20.8 Å². The minimum Gasteiger partial charge on any atom is -0.372 e. The standard InChI is InChI=1S/C18H28N2O/c1-13(2)18(21)19-15(4)16-5-7-17(8-6-16)20-11-9-14(3)10-12-20/h5-8,13-15H,9-12H2,1-4H3,(H,19,21)/t15-/m1/s1. The van der Waals surface area contributed by atoms with Crippen molar-refractivity contribution in [1.29, 1.82) is 0 Å². The summed E-state index contributed by atoms with van der Waals surface area (Å²) in [5.74, 6) is 0.991. The Morgan fingerprint density at radius 3 is 2.24 bits per heavy atom. The lowest BCUT2D eigenvalue weighted by Gasteiger charge is -2.32. The van der Waals surface area contributed by atoms with Crippen molar-refractivity contribution in [3.63, 3.8) is 0 Å². The summed E-state index contributed by atoms with van der Waals surface area (Å²) in [4.78, 5) is 14.2. The molecule has 1 N–H and O–H groups in total. The number of nitrogens with one attached hydrogen (secondary N) is 1. The first-order chi connectivity index (χ1) is 9.97. The minimum atomic E-state index is 0.0297. The van der Waals surface area contributed by atoms with Crippen LogP contribution in [0.5, 0.6) is 0 Å². The third kappa shape index (κ3) is 4.23. The average Bonchev–Trinajstić information content (AvgIpc) is 2.48. The number of carbonyl (C=O) groups excluding carboxylic acids is 1. The predicted octanol–water partition coefficient (Wildman–Crippen LogP) is 3.76. The molecular formula is C18H28N2O. The molecular weight excluding hydrogens is 260 g/mol. The van der Waals surface area contributed by atoms with Crippen LogP contribution in [0.4, 0.5) is 5.69 Å². The molecule has 1 fully saturated rings. The van der Waals surface area contributed by atoms with Gasteiger partial charge in [0.2, 0.25) is 5.91 Å². The van der Waals surface area contributed by atoms with Crippen molar-refractivity contribution >= 4 is 11.6 Å². The Bertz CT molecular complexity index is 459. The van der Waals surface area contributed by atoms with Gasteiger partial charge < -0.3 is 10.2 Å². The Kier molecular flexibility index (Phi) is 5.27. The van der Waals surface area contributed by atoms with Crippen LogP contribution in [0, 0.1) is 11.8 Å². The number of rotatable bonds is 4. The number of nitrogens with zero attached hydrogens (tertiary/aromatic N) is 1. The van der Waals surface area contributed by atoms with Gasteiger partial charge in [-0.2, -0.15) is 0 Å². The second-order valence-electron chi connectivity index (χ2n) is 6.65. The number of amides is 1. The van der Waals surface area contributed by atoms with E-state index in [4.69, 9.17) is 0 Å². The molecule has 0 aliphatic carbocycles. The molecule has 1 aliphatic rings. The highest BCUT2D eigenvalue weighted by molar-refractivity contribution is 5.78. The molecule has 1 saturated heterocycles. The fourth-order valence-corrected chi connectivity index (χ4v) is 2.70. The second-order valence-corrected chi connectivity index (χ2v) is 6.65. The van der Waals surface area contributed by atoms with Crippen molar-refractivity contribution in [2.45, 2.75) is 46.6 Å². The van der Waals surface area contributed by atoms with Crippen LogP contribution in [0.25, 0.3) is 0 Å². The van der Waals surface area contributed by atoms with Crippen molar-refractivity contribution in [2.75, 3.05) is 18.0 Å². The van der Waals surface area contributed by atoms with Gasteiger partial charge in [0.15, 0.2) is 0 Å². The molecule has 1 atom stereocenters. The summed E-state index contributed by atoms with van der Waals surface area (Å²) in [6.07, 6.45) is 2.56. The highest BCUT2D eigenvalue weighted by Crippen LogP contribution is 2.24. The van der Waals surface area contributed by atoms with Gasteiger partial charge in [-0.25, -0.2) is 0 Å². The van der Waals surface area contributed by atoms with Crippen LogP contribution < -0.4 is 10.2 Å². The smallest absolute Gasteiger partial charge is 0.223 e. The highest BCUT2D eigenvalue weighted by atomic mass is 16.1. The molecule has 0 radical (unpaired) electrons. The van der Waals surface area contributed by atoms with Gasteiger partial charge in [-0.3, -0.25) is 4.79 Å². The zero-order valence-corrected chi connectivity index (χ0v) is 13.7. The van der Waals surface area contributed by atoms with E-state index in [1.54, 1.807) is 0 Å². The molecule has 0 saturated carbocycles. The van der Waals surface area contributed by atoms with Crippen LogP contribution in [-0.2, 0) is 4.79 Å². The van der Waals surface area contributed by atoms with E-state index in [9.17, 15) is 4.79 Å². The Labute approximate surface area is 128 Å². The van der Waals surface area contributed by atoms with Crippen molar-refractivity contribution < 1.29 is 4.79 Å². The minimum absolute atomic E-state index is 0.0297. The van der Waals surface area contributed by atoms with E-state index in [0.29, 0.717) is 0 Å². The van der Waals surface area contributed by atoms with E-state index in [0.717, 1.165) is 24.6 Å². The first kappa shape index (κ1) is 15.9. The van der Waals surface area contributed by atoms with Gasteiger partial charge in [-0.15, -0.1) is 0 Å². The van der Waals surface area contributed by atoms with Crippen molar-refractivity contribution in [3.8, 4) is 0 Å². The normalized spacial score (nSPS) is 17.9. The molecule has 3 nitrogen and oxygen atoms in total. The van der Waals surface area contributed by atoms with Gasteiger partial charge in [0.25, 0.3) is 0 Å². The number of hydrogen-bond acceptors (Lipinski definition) is 2. The summed E-state index contributed by atoms with van der Waals surface area (Å²) in [5, 5.41) is 3.05. The molecule has 116 valence electrons. The highest BCUT2D eigenvalue weighted by Gasteiger charge is 2.17. The van der Waals surface area contributed by atoms with Crippen LogP contribution in [0.2, 0.25) is 0 Å². The lowest BCUT2D eigenvalue weighted by molar-refractivity contribution is -0.124. The molecule has 3 heteroatoms. The molecule has 0 aromatic heterocycles. The number of anilines is 1. The van der Waals surface area contributed by atoms with Crippen LogP contribution in [0.15, 0.2) is 24.3 Å². The summed E-state index contributed by atoms with van der Waals surface area (Å²) >= 11 is 0. The molecule has 1 aromatic rings. The molecule has 0 spiro atoms. The van der Waals surface area contributed by atoms with E-state index in [2.05, 4.69) is 41.4 Å². The SMILES string of the molecule is CC1CCN(c2ccc([C@@H](C)NC(=O)C(C)C)cc2)CC1. The van der Waals surface area contributed by atoms with Gasteiger partial charge >= 0.3 is 0 Å². The number of hydrogen-bond donors (Lipinski definition) is 1. The lowest BCUT2D eigenvalue weighted by atomic mass is 9.98. The first-order valence-electron chi connectivity index (χ1n) is 8.12. The summed E-state index contributed by atoms with van der Waals surface area (Å²) in [5.41, 5.74) is 2.46. The largest absolute Gasteiger partial charge is 0.372 e. The van der Waals surface area contributed by atoms with Gasteiger partial charge in [0, 0.05) is 24.7 Å². The number of carbonyl (C=O) groups is 1. The lowest BCUT2D eigenvalue weighted by Crippen LogP contribution is -2.33. The summed E-state index contributed by atoms with van der Waals surface area (Å²) in [6.45, 7) is 10.5. The maximum Gasteiger partial charge on any atom is 0.223 e. The average molecular weight is 288 g/mol. The maximum atomic E-state index is 11.8. The third-order valence-corrected chi connectivity index (χ3v) is 4.43. The number of benzene rings is 1. The van der Waals surface area contributed by atoms with Crippen LogP contribution >= 0.6 is 0 Å². The Hall–Kier alpha value is -1.51. The van der Waals surface area contributed by atoms with Gasteiger partial charge in [0.1, 0.15) is 0 Å². The molecule has 21 heavy (non-hydrogen) atoms. The van der Waals surface area contributed by atoms with Gasteiger partial charge in [0.05, 0.1) is 6.04 Å². The Morgan fingerprint density at radius 2 is 1.71 bits per heavy atom. The zero-order valence-electron chi connectivity index (χ0n) is 13.7. The van der Waals surface area contributed by atoms with Gasteiger partial charge in [-0.05, 0) is 43.4 Å². The van der Waals surface area contributed by atoms with Crippen molar-refractivity contribution in [2.24, 2.45) is 11.8 Å². The van der Waals surface area contributed by atoms with E-state index in [1.165, 1.54) is 18.5 Å². The maximum absolute atomic E-state index is 11.8. The van der Waals surface area contributed by atoms with Crippen molar-refractivity contribution in [1.82, 2.24) is 5.32 Å². The fraction of sp³-hybridized carbons (Fsp3) is 0.611. The molecule has 0 unspecified atom stereocenters. The molecule has 1 heterocycles. The van der Waals surface area contributed by atoms with E-state index in [-0.39, 0.29) is 17.9 Å². The second kappa shape index (κ2) is 6.97. The quantitative estimate of drug-likeness (QED) is 0.915. The number of piperidine rings is 1. The van der Waals surface area contributed by atoms with Gasteiger partial charge in [-0.1, -0.05) is 32.9 Å². The van der Waals surface area contributed by atoms with Crippen LogP contribution in [0.3, 0.4) is 0 Å².